The molecule has 5 amide bonds. The van der Waals surface area contributed by atoms with Gasteiger partial charge in [0.25, 0.3) is 11.8 Å². The predicted octanol–water partition coefficient (Wildman–Crippen LogP) is -0.247. The fourth-order valence-electron chi connectivity index (χ4n) is 3.32. The summed E-state index contributed by atoms with van der Waals surface area (Å²) in [6, 6.07) is 0.358. The van der Waals surface area contributed by atoms with Crippen LogP contribution in [0.5, 0.6) is 0 Å². The van der Waals surface area contributed by atoms with Crippen LogP contribution < -0.4 is 16.0 Å². The Bertz CT molecular complexity index is 591. The van der Waals surface area contributed by atoms with Gasteiger partial charge in [-0.1, -0.05) is 6.42 Å². The summed E-state index contributed by atoms with van der Waals surface area (Å²) in [6.07, 6.45) is 5.58. The highest BCUT2D eigenvalue weighted by Crippen LogP contribution is 2.33. The lowest BCUT2D eigenvalue weighted by atomic mass is 10.0. The molecular formula is C16H22N4O4S. The van der Waals surface area contributed by atoms with Gasteiger partial charge in [0.2, 0.25) is 5.91 Å². The van der Waals surface area contributed by atoms with E-state index in [0.29, 0.717) is 11.7 Å². The molecule has 8 nitrogen and oxygen atoms in total. The van der Waals surface area contributed by atoms with Gasteiger partial charge in [-0.05, 0) is 12.8 Å². The van der Waals surface area contributed by atoms with Crippen molar-refractivity contribution in [3.05, 3.63) is 12.2 Å². The number of urea groups is 1. The first-order valence-corrected chi connectivity index (χ1v) is 9.58. The first-order chi connectivity index (χ1) is 12.0. The van der Waals surface area contributed by atoms with Gasteiger partial charge in [0.05, 0.1) is 12.1 Å². The van der Waals surface area contributed by atoms with E-state index in [1.165, 1.54) is 12.2 Å². The third-order valence-corrected chi connectivity index (χ3v) is 6.15. The van der Waals surface area contributed by atoms with Gasteiger partial charge in [0.1, 0.15) is 0 Å². The standard InChI is InChI=1S/C16H22N4O4S/c21-12(17-7-8-20-13(22)5-6-14(20)23)4-2-1-3-11-15-10(9-25-11)18-16(24)19-15/h5-6,10-11,15H,1-4,7-9H2,(H,17,21)(H2,18,19,24)/t10-,11-,15-/m0/s1. The molecule has 3 heterocycles. The van der Waals surface area contributed by atoms with Gasteiger partial charge in [-0.2, -0.15) is 11.8 Å². The third-order valence-electron chi connectivity index (χ3n) is 4.64. The van der Waals surface area contributed by atoms with E-state index in [2.05, 4.69) is 16.0 Å². The third kappa shape index (κ3) is 4.33. The minimum absolute atomic E-state index is 0.0696. The molecule has 3 rings (SSSR count). The Morgan fingerprint density at radius 2 is 1.96 bits per heavy atom. The number of amides is 5. The topological polar surface area (TPSA) is 108 Å². The van der Waals surface area contributed by atoms with Crippen molar-refractivity contribution in [2.45, 2.75) is 43.0 Å². The summed E-state index contributed by atoms with van der Waals surface area (Å²) in [5.74, 6) is 0.206. The monoisotopic (exact) mass is 366 g/mol. The molecule has 0 radical (unpaired) electrons. The molecule has 25 heavy (non-hydrogen) atoms. The zero-order valence-corrected chi connectivity index (χ0v) is 14.6. The molecule has 136 valence electrons. The predicted molar refractivity (Wildman–Crippen MR) is 92.8 cm³/mol. The van der Waals surface area contributed by atoms with E-state index in [4.69, 9.17) is 0 Å². The van der Waals surface area contributed by atoms with Gasteiger partial charge in [-0.3, -0.25) is 19.3 Å². The van der Waals surface area contributed by atoms with Gasteiger partial charge >= 0.3 is 6.03 Å². The SMILES string of the molecule is O=C(CCCC[C@@H]1SC[C@@H]2NC(=O)N[C@@H]21)NCCN1C(=O)C=CC1=O. The number of rotatable bonds is 8. The molecule has 0 spiro atoms. The molecular weight excluding hydrogens is 344 g/mol. The van der Waals surface area contributed by atoms with Gasteiger partial charge in [0.15, 0.2) is 0 Å². The summed E-state index contributed by atoms with van der Waals surface area (Å²) in [5.41, 5.74) is 0. The molecule has 3 N–H and O–H groups in total. The molecule has 3 aliphatic heterocycles. The lowest BCUT2D eigenvalue weighted by molar-refractivity contribution is -0.137. The zero-order valence-electron chi connectivity index (χ0n) is 13.8. The van der Waals surface area contributed by atoms with Crippen molar-refractivity contribution in [3.8, 4) is 0 Å². The molecule has 0 unspecified atom stereocenters. The van der Waals surface area contributed by atoms with Crippen LogP contribution in [0.3, 0.4) is 0 Å². The average Bonchev–Trinajstić information content (AvgIpc) is 3.21. The highest BCUT2D eigenvalue weighted by Gasteiger charge is 2.42. The molecule has 0 aromatic rings. The Balaban J connectivity index is 1.25. The maximum atomic E-state index is 11.8. The molecule has 2 fully saturated rings. The molecule has 0 bridgehead atoms. The van der Waals surface area contributed by atoms with Crippen molar-refractivity contribution in [1.29, 1.82) is 0 Å². The van der Waals surface area contributed by atoms with Crippen molar-refractivity contribution in [3.63, 3.8) is 0 Å². The highest BCUT2D eigenvalue weighted by molar-refractivity contribution is 8.00. The lowest BCUT2D eigenvalue weighted by Crippen LogP contribution is -2.38. The maximum Gasteiger partial charge on any atom is 0.315 e. The normalized spacial score (nSPS) is 27.4. The molecule has 0 aliphatic carbocycles. The second-order valence-corrected chi connectivity index (χ2v) is 7.65. The van der Waals surface area contributed by atoms with Gasteiger partial charge < -0.3 is 16.0 Å². The van der Waals surface area contributed by atoms with Crippen LogP contribution in [-0.4, -0.2) is 64.8 Å². The minimum Gasteiger partial charge on any atom is -0.354 e. The van der Waals surface area contributed by atoms with Crippen molar-refractivity contribution >= 4 is 35.5 Å². The number of nitrogens with one attached hydrogen (secondary N) is 3. The van der Waals surface area contributed by atoms with Gasteiger partial charge in [-0.15, -0.1) is 0 Å². The first kappa shape index (κ1) is 17.8. The van der Waals surface area contributed by atoms with Crippen molar-refractivity contribution in [2.24, 2.45) is 0 Å². The summed E-state index contributed by atoms with van der Waals surface area (Å²) in [4.78, 5) is 47.0. The van der Waals surface area contributed by atoms with Gasteiger partial charge in [0, 0.05) is 42.7 Å². The van der Waals surface area contributed by atoms with Crippen molar-refractivity contribution in [2.75, 3.05) is 18.8 Å². The smallest absolute Gasteiger partial charge is 0.315 e. The second-order valence-electron chi connectivity index (χ2n) is 6.38. The number of hydrogen-bond acceptors (Lipinski definition) is 5. The fourth-order valence-corrected chi connectivity index (χ4v) is 4.86. The number of carbonyl (C=O) groups is 4. The van der Waals surface area contributed by atoms with Crippen LogP contribution in [0.1, 0.15) is 25.7 Å². The van der Waals surface area contributed by atoms with Crippen molar-refractivity contribution < 1.29 is 19.2 Å². The van der Waals surface area contributed by atoms with Crippen LogP contribution >= 0.6 is 11.8 Å². The first-order valence-electron chi connectivity index (χ1n) is 8.53. The number of carbonyl (C=O) groups excluding carboxylic acids is 4. The van der Waals surface area contributed by atoms with Crippen LogP contribution in [0.2, 0.25) is 0 Å². The quantitative estimate of drug-likeness (QED) is 0.312. The van der Waals surface area contributed by atoms with E-state index >= 15 is 0 Å². The van der Waals surface area contributed by atoms with Crippen LogP contribution in [0.4, 0.5) is 4.79 Å². The Labute approximate surface area is 150 Å². The summed E-state index contributed by atoms with van der Waals surface area (Å²) in [7, 11) is 0. The fraction of sp³-hybridized carbons (Fsp3) is 0.625. The van der Waals surface area contributed by atoms with Crippen LogP contribution in [0, 0.1) is 0 Å². The number of nitrogens with zero attached hydrogens (tertiary/aromatic N) is 1. The molecule has 9 heteroatoms. The zero-order chi connectivity index (χ0) is 17.8. The summed E-state index contributed by atoms with van der Waals surface area (Å²) in [6.45, 7) is 0.475. The number of thioether (sulfide) groups is 1. The van der Waals surface area contributed by atoms with Crippen LogP contribution in [0.25, 0.3) is 0 Å². The minimum atomic E-state index is -0.333. The Morgan fingerprint density at radius 3 is 2.72 bits per heavy atom. The largest absolute Gasteiger partial charge is 0.354 e. The number of hydrogen-bond donors (Lipinski definition) is 3. The van der Waals surface area contributed by atoms with E-state index in [1.54, 1.807) is 0 Å². The van der Waals surface area contributed by atoms with E-state index < -0.39 is 0 Å². The van der Waals surface area contributed by atoms with Gasteiger partial charge in [-0.25, -0.2) is 4.79 Å². The molecule has 2 saturated heterocycles. The molecule has 0 saturated carbocycles. The molecule has 0 aromatic heterocycles. The lowest BCUT2D eigenvalue weighted by Gasteiger charge is -2.16. The average molecular weight is 366 g/mol. The van der Waals surface area contributed by atoms with Crippen LogP contribution in [-0.2, 0) is 14.4 Å². The molecule has 0 aromatic carbocycles. The number of fused-ring (bicyclic) bond motifs is 1. The molecule has 3 atom stereocenters. The van der Waals surface area contributed by atoms with Crippen LogP contribution in [0.15, 0.2) is 12.2 Å². The Kier molecular flexibility index (Phi) is 5.62. The second kappa shape index (κ2) is 7.90. The Morgan fingerprint density at radius 1 is 1.20 bits per heavy atom. The summed E-state index contributed by atoms with van der Waals surface area (Å²) < 4.78 is 0. The summed E-state index contributed by atoms with van der Waals surface area (Å²) in [5, 5.41) is 9.02. The maximum absolute atomic E-state index is 11.8. The Hall–Kier alpha value is -2.03. The van der Waals surface area contributed by atoms with E-state index in [1.807, 2.05) is 11.8 Å². The van der Waals surface area contributed by atoms with Crippen molar-refractivity contribution in [1.82, 2.24) is 20.9 Å². The van der Waals surface area contributed by atoms with E-state index in [0.717, 1.165) is 29.9 Å². The highest BCUT2D eigenvalue weighted by atomic mass is 32.2. The van der Waals surface area contributed by atoms with E-state index in [-0.39, 0.29) is 48.9 Å². The number of unbranched alkanes of at least 4 members (excludes halogenated alkanes) is 1. The summed E-state index contributed by atoms with van der Waals surface area (Å²) >= 11 is 1.87. The van der Waals surface area contributed by atoms with E-state index in [9.17, 15) is 19.2 Å². The molecule has 3 aliphatic rings. The number of imide groups is 1.